The molecule has 0 radical (unpaired) electrons. The molecule has 120 valence electrons. The molecule has 1 aliphatic heterocycles. The van der Waals surface area contributed by atoms with E-state index in [1.54, 1.807) is 0 Å². The summed E-state index contributed by atoms with van der Waals surface area (Å²) in [5.74, 6) is 0.486. The SMILES string of the molecule is C=C1CCC[C@@H]2[C@H]1CC[C@H](CCC)N2C(=O)OC(C)(C)C. The van der Waals surface area contributed by atoms with E-state index in [0.717, 1.165) is 38.5 Å². The van der Waals surface area contributed by atoms with E-state index < -0.39 is 5.60 Å². The van der Waals surface area contributed by atoms with Crippen molar-refractivity contribution in [2.75, 3.05) is 0 Å². The molecule has 0 spiro atoms. The molecule has 3 atom stereocenters. The number of hydrogen-bond acceptors (Lipinski definition) is 2. The van der Waals surface area contributed by atoms with Gasteiger partial charge in [-0.1, -0.05) is 25.5 Å². The predicted octanol–water partition coefficient (Wildman–Crippen LogP) is 4.91. The molecule has 0 unspecified atom stereocenters. The third kappa shape index (κ3) is 3.81. The highest BCUT2D eigenvalue weighted by atomic mass is 16.6. The molecule has 1 saturated heterocycles. The number of rotatable bonds is 2. The largest absolute Gasteiger partial charge is 0.444 e. The molecule has 0 aromatic rings. The van der Waals surface area contributed by atoms with E-state index >= 15 is 0 Å². The summed E-state index contributed by atoms with van der Waals surface area (Å²) >= 11 is 0. The van der Waals surface area contributed by atoms with Crippen molar-refractivity contribution in [1.82, 2.24) is 4.90 Å². The summed E-state index contributed by atoms with van der Waals surface area (Å²) < 4.78 is 5.70. The van der Waals surface area contributed by atoms with Crippen molar-refractivity contribution in [3.8, 4) is 0 Å². The van der Waals surface area contributed by atoms with Gasteiger partial charge in [-0.05, 0) is 59.3 Å². The molecule has 0 aromatic carbocycles. The summed E-state index contributed by atoms with van der Waals surface area (Å²) in [6, 6.07) is 0.656. The van der Waals surface area contributed by atoms with Crippen LogP contribution in [-0.2, 0) is 4.74 Å². The normalized spacial score (nSPS) is 30.0. The van der Waals surface area contributed by atoms with Gasteiger partial charge in [0.15, 0.2) is 0 Å². The number of carbonyl (C=O) groups excluding carboxylic acids is 1. The van der Waals surface area contributed by atoms with Crippen molar-refractivity contribution >= 4 is 6.09 Å². The molecular weight excluding hydrogens is 262 g/mol. The molecule has 2 fully saturated rings. The summed E-state index contributed by atoms with van der Waals surface area (Å²) in [4.78, 5) is 14.8. The van der Waals surface area contributed by atoms with Gasteiger partial charge in [-0.3, -0.25) is 0 Å². The van der Waals surface area contributed by atoms with Gasteiger partial charge in [0, 0.05) is 18.0 Å². The first kappa shape index (κ1) is 16.4. The number of ether oxygens (including phenoxy) is 1. The third-order valence-electron chi connectivity index (χ3n) is 4.77. The van der Waals surface area contributed by atoms with Crippen LogP contribution < -0.4 is 0 Å². The van der Waals surface area contributed by atoms with Gasteiger partial charge in [0.05, 0.1) is 0 Å². The molecule has 3 heteroatoms. The summed E-state index contributed by atoms with van der Waals surface area (Å²) in [6.45, 7) is 12.3. The van der Waals surface area contributed by atoms with E-state index in [9.17, 15) is 4.79 Å². The van der Waals surface area contributed by atoms with Crippen LogP contribution in [0.2, 0.25) is 0 Å². The fourth-order valence-electron chi connectivity index (χ4n) is 3.92. The molecule has 2 rings (SSSR count). The van der Waals surface area contributed by atoms with Crippen LogP contribution in [0.25, 0.3) is 0 Å². The topological polar surface area (TPSA) is 29.5 Å². The Labute approximate surface area is 129 Å². The van der Waals surface area contributed by atoms with Gasteiger partial charge >= 0.3 is 6.09 Å². The summed E-state index contributed by atoms with van der Waals surface area (Å²) in [6.07, 6.45) is 7.73. The smallest absolute Gasteiger partial charge is 0.410 e. The number of nitrogens with zero attached hydrogens (tertiary/aromatic N) is 1. The number of carbonyl (C=O) groups is 1. The fraction of sp³-hybridized carbons (Fsp3) is 0.833. The first-order valence-corrected chi connectivity index (χ1v) is 8.52. The number of likely N-dealkylation sites (tertiary alicyclic amines) is 1. The van der Waals surface area contributed by atoms with E-state index in [4.69, 9.17) is 4.74 Å². The number of amides is 1. The molecule has 21 heavy (non-hydrogen) atoms. The summed E-state index contributed by atoms with van der Waals surface area (Å²) in [5.41, 5.74) is 0.918. The van der Waals surface area contributed by atoms with E-state index in [2.05, 4.69) is 18.4 Å². The zero-order valence-electron chi connectivity index (χ0n) is 14.2. The molecule has 1 saturated carbocycles. The standard InChI is InChI=1S/C18H31NO2/c1-6-8-14-11-12-15-13(2)9-7-10-16(15)19(14)17(20)21-18(3,4)5/h14-16H,2,6-12H2,1,3-5H3/t14-,15-,16+/m0/s1. The van der Waals surface area contributed by atoms with Crippen molar-refractivity contribution in [3.05, 3.63) is 12.2 Å². The maximum Gasteiger partial charge on any atom is 0.410 e. The Morgan fingerprint density at radius 1 is 1.33 bits per heavy atom. The minimum Gasteiger partial charge on any atom is -0.444 e. The first-order valence-electron chi connectivity index (χ1n) is 8.52. The lowest BCUT2D eigenvalue weighted by atomic mass is 9.73. The van der Waals surface area contributed by atoms with Gasteiger partial charge in [-0.25, -0.2) is 4.79 Å². The van der Waals surface area contributed by atoms with Crippen LogP contribution in [0.15, 0.2) is 12.2 Å². The zero-order chi connectivity index (χ0) is 15.6. The summed E-state index contributed by atoms with van der Waals surface area (Å²) in [7, 11) is 0. The summed E-state index contributed by atoms with van der Waals surface area (Å²) in [5, 5.41) is 0. The van der Waals surface area contributed by atoms with Crippen LogP contribution in [-0.4, -0.2) is 28.7 Å². The van der Waals surface area contributed by atoms with Crippen molar-refractivity contribution in [2.24, 2.45) is 5.92 Å². The van der Waals surface area contributed by atoms with Crippen molar-refractivity contribution in [3.63, 3.8) is 0 Å². The molecular formula is C18H31NO2. The maximum atomic E-state index is 12.7. The Bertz CT molecular complexity index is 397. The van der Waals surface area contributed by atoms with Crippen LogP contribution in [0.1, 0.15) is 72.6 Å². The monoisotopic (exact) mass is 293 g/mol. The second-order valence-electron chi connectivity index (χ2n) is 7.63. The second-order valence-corrected chi connectivity index (χ2v) is 7.63. The van der Waals surface area contributed by atoms with Gasteiger partial charge in [0.1, 0.15) is 5.60 Å². The highest BCUT2D eigenvalue weighted by Crippen LogP contribution is 2.41. The lowest BCUT2D eigenvalue weighted by Gasteiger charge is -2.49. The van der Waals surface area contributed by atoms with E-state index in [0.29, 0.717) is 18.0 Å². The van der Waals surface area contributed by atoms with Crippen molar-refractivity contribution < 1.29 is 9.53 Å². The number of fused-ring (bicyclic) bond motifs is 1. The molecule has 3 nitrogen and oxygen atoms in total. The fourth-order valence-corrected chi connectivity index (χ4v) is 3.92. The average molecular weight is 293 g/mol. The highest BCUT2D eigenvalue weighted by molar-refractivity contribution is 5.69. The molecule has 1 amide bonds. The van der Waals surface area contributed by atoms with Crippen LogP contribution in [0.3, 0.4) is 0 Å². The average Bonchev–Trinajstić information content (AvgIpc) is 2.36. The van der Waals surface area contributed by atoms with Gasteiger partial charge in [-0.15, -0.1) is 0 Å². The van der Waals surface area contributed by atoms with Gasteiger partial charge in [-0.2, -0.15) is 0 Å². The van der Waals surface area contributed by atoms with E-state index in [1.807, 2.05) is 20.8 Å². The third-order valence-corrected chi connectivity index (χ3v) is 4.77. The van der Waals surface area contributed by atoms with Crippen LogP contribution in [0.5, 0.6) is 0 Å². The maximum absolute atomic E-state index is 12.7. The van der Waals surface area contributed by atoms with Crippen molar-refractivity contribution in [1.29, 1.82) is 0 Å². The molecule has 0 aromatic heterocycles. The second kappa shape index (κ2) is 6.41. The Hall–Kier alpha value is -0.990. The van der Waals surface area contributed by atoms with Crippen molar-refractivity contribution in [2.45, 2.75) is 90.3 Å². The predicted molar refractivity (Wildman–Crippen MR) is 86.3 cm³/mol. The van der Waals surface area contributed by atoms with Crippen LogP contribution >= 0.6 is 0 Å². The van der Waals surface area contributed by atoms with Crippen LogP contribution in [0.4, 0.5) is 4.79 Å². The molecule has 0 bridgehead atoms. The lowest BCUT2D eigenvalue weighted by molar-refractivity contribution is -0.0209. The Morgan fingerprint density at radius 3 is 2.67 bits per heavy atom. The Balaban J connectivity index is 2.20. The highest BCUT2D eigenvalue weighted by Gasteiger charge is 2.43. The molecule has 2 aliphatic rings. The van der Waals surface area contributed by atoms with Gasteiger partial charge in [0.2, 0.25) is 0 Å². The zero-order valence-corrected chi connectivity index (χ0v) is 14.2. The number of hydrogen-bond donors (Lipinski definition) is 0. The quantitative estimate of drug-likeness (QED) is 0.677. The molecule has 1 heterocycles. The molecule has 0 N–H and O–H groups in total. The lowest BCUT2D eigenvalue weighted by Crippen LogP contribution is -2.56. The van der Waals surface area contributed by atoms with Gasteiger partial charge < -0.3 is 9.64 Å². The van der Waals surface area contributed by atoms with E-state index in [1.165, 1.54) is 12.0 Å². The molecule has 1 aliphatic carbocycles. The Kier molecular flexibility index (Phi) is 5.00. The van der Waals surface area contributed by atoms with Crippen LogP contribution in [0, 0.1) is 5.92 Å². The minimum absolute atomic E-state index is 0.120. The van der Waals surface area contributed by atoms with Gasteiger partial charge in [0.25, 0.3) is 0 Å². The van der Waals surface area contributed by atoms with E-state index in [-0.39, 0.29) is 6.09 Å². The number of piperidine rings is 1. The Morgan fingerprint density at radius 2 is 2.05 bits per heavy atom. The first-order chi connectivity index (χ1) is 9.83. The minimum atomic E-state index is -0.424.